The second-order valence-electron chi connectivity index (χ2n) is 5.66. The van der Waals surface area contributed by atoms with Crippen LogP contribution in [-0.4, -0.2) is 17.6 Å². The van der Waals surface area contributed by atoms with E-state index in [9.17, 15) is 0 Å². The van der Waals surface area contributed by atoms with Crippen molar-refractivity contribution in [2.24, 2.45) is 0 Å². The molecule has 1 aromatic carbocycles. The molecule has 2 atom stereocenters. The molecule has 2 nitrogen and oxygen atoms in total. The van der Waals surface area contributed by atoms with Crippen molar-refractivity contribution >= 4 is 0 Å². The van der Waals surface area contributed by atoms with E-state index in [-0.39, 0.29) is 0 Å². The van der Waals surface area contributed by atoms with Crippen molar-refractivity contribution in [3.8, 4) is 0 Å². The Kier molecular flexibility index (Phi) is 4.12. The van der Waals surface area contributed by atoms with Gasteiger partial charge in [0, 0.05) is 18.4 Å². The molecule has 0 aliphatic heterocycles. The van der Waals surface area contributed by atoms with Crippen LogP contribution in [0.5, 0.6) is 0 Å². The SMILES string of the molecule is CCNC(Cc1cccnc1)CC1Cc2ccccc21. The van der Waals surface area contributed by atoms with Crippen LogP contribution in [0.1, 0.15) is 36.0 Å². The predicted octanol–water partition coefficient (Wildman–Crippen LogP) is 3.33. The van der Waals surface area contributed by atoms with Gasteiger partial charge in [-0.25, -0.2) is 0 Å². The second kappa shape index (κ2) is 6.19. The van der Waals surface area contributed by atoms with Gasteiger partial charge < -0.3 is 5.32 Å². The zero-order chi connectivity index (χ0) is 13.8. The first-order valence-electron chi connectivity index (χ1n) is 7.57. The van der Waals surface area contributed by atoms with Crippen LogP contribution in [-0.2, 0) is 12.8 Å². The lowest BCUT2D eigenvalue weighted by atomic mass is 9.74. The molecular weight excluding hydrogens is 244 g/mol. The minimum atomic E-state index is 0.544. The van der Waals surface area contributed by atoms with E-state index < -0.39 is 0 Å². The average molecular weight is 266 g/mol. The lowest BCUT2D eigenvalue weighted by Crippen LogP contribution is -2.35. The maximum atomic E-state index is 4.22. The number of hydrogen-bond acceptors (Lipinski definition) is 2. The van der Waals surface area contributed by atoms with E-state index in [2.05, 4.69) is 47.6 Å². The molecule has 1 aromatic heterocycles. The first-order chi connectivity index (χ1) is 9.86. The molecule has 104 valence electrons. The molecule has 20 heavy (non-hydrogen) atoms. The molecule has 1 N–H and O–H groups in total. The molecule has 1 aliphatic carbocycles. The van der Waals surface area contributed by atoms with Crippen LogP contribution in [0.25, 0.3) is 0 Å². The number of nitrogens with zero attached hydrogens (tertiary/aromatic N) is 1. The van der Waals surface area contributed by atoms with Crippen LogP contribution < -0.4 is 5.32 Å². The average Bonchev–Trinajstić information content (AvgIpc) is 2.46. The quantitative estimate of drug-likeness (QED) is 0.867. The third-order valence-electron chi connectivity index (χ3n) is 4.23. The number of hydrogen-bond donors (Lipinski definition) is 1. The van der Waals surface area contributed by atoms with Crippen LogP contribution in [0, 0.1) is 0 Å². The molecule has 0 fully saturated rings. The molecule has 0 radical (unpaired) electrons. The van der Waals surface area contributed by atoms with E-state index in [1.165, 1.54) is 24.0 Å². The Hall–Kier alpha value is -1.67. The summed E-state index contributed by atoms with van der Waals surface area (Å²) in [6.45, 7) is 3.21. The summed E-state index contributed by atoms with van der Waals surface area (Å²) in [5.41, 5.74) is 4.42. The number of aromatic nitrogens is 1. The van der Waals surface area contributed by atoms with Crippen LogP contribution in [0.15, 0.2) is 48.8 Å². The van der Waals surface area contributed by atoms with Gasteiger partial charge in [-0.2, -0.15) is 0 Å². The third-order valence-corrected chi connectivity index (χ3v) is 4.23. The van der Waals surface area contributed by atoms with Crippen molar-refractivity contribution in [3.63, 3.8) is 0 Å². The van der Waals surface area contributed by atoms with Crippen LogP contribution in [0.3, 0.4) is 0 Å². The van der Waals surface area contributed by atoms with Crippen molar-refractivity contribution in [2.75, 3.05) is 6.54 Å². The fraction of sp³-hybridized carbons (Fsp3) is 0.389. The van der Waals surface area contributed by atoms with Crippen molar-refractivity contribution in [1.29, 1.82) is 0 Å². The van der Waals surface area contributed by atoms with Crippen molar-refractivity contribution in [1.82, 2.24) is 10.3 Å². The highest BCUT2D eigenvalue weighted by atomic mass is 14.9. The number of rotatable bonds is 6. The van der Waals surface area contributed by atoms with Gasteiger partial charge >= 0.3 is 0 Å². The van der Waals surface area contributed by atoms with Gasteiger partial charge in [0.25, 0.3) is 0 Å². The number of likely N-dealkylation sites (N-methyl/N-ethyl adjacent to an activating group) is 1. The van der Waals surface area contributed by atoms with Gasteiger partial charge in [0.15, 0.2) is 0 Å². The summed E-state index contributed by atoms with van der Waals surface area (Å²) in [6.07, 6.45) is 7.36. The minimum Gasteiger partial charge on any atom is -0.314 e. The first kappa shape index (κ1) is 13.3. The standard InChI is InChI=1S/C18H22N2/c1-2-20-17(10-14-6-5-9-19-13-14)12-16-11-15-7-3-4-8-18(15)16/h3-9,13,16-17,20H,2,10-12H2,1H3. The summed E-state index contributed by atoms with van der Waals surface area (Å²) >= 11 is 0. The number of pyridine rings is 1. The van der Waals surface area contributed by atoms with E-state index in [4.69, 9.17) is 0 Å². The predicted molar refractivity (Wildman–Crippen MR) is 82.9 cm³/mol. The fourth-order valence-electron chi connectivity index (χ4n) is 3.25. The zero-order valence-electron chi connectivity index (χ0n) is 12.0. The molecular formula is C18H22N2. The van der Waals surface area contributed by atoms with Crippen molar-refractivity contribution in [3.05, 3.63) is 65.5 Å². The smallest absolute Gasteiger partial charge is 0.0300 e. The lowest BCUT2D eigenvalue weighted by Gasteiger charge is -2.33. The van der Waals surface area contributed by atoms with Gasteiger partial charge in [0.2, 0.25) is 0 Å². The van der Waals surface area contributed by atoms with Crippen LogP contribution in [0.4, 0.5) is 0 Å². The molecule has 2 heteroatoms. The second-order valence-corrected chi connectivity index (χ2v) is 5.66. The summed E-state index contributed by atoms with van der Waals surface area (Å²) in [7, 11) is 0. The molecule has 3 rings (SSSR count). The Bertz CT molecular complexity index is 550. The first-order valence-corrected chi connectivity index (χ1v) is 7.57. The summed E-state index contributed by atoms with van der Waals surface area (Å²) in [5.74, 6) is 0.729. The fourth-order valence-corrected chi connectivity index (χ4v) is 3.25. The highest BCUT2D eigenvalue weighted by molar-refractivity contribution is 5.40. The maximum Gasteiger partial charge on any atom is 0.0300 e. The van der Waals surface area contributed by atoms with E-state index in [1.807, 2.05) is 18.5 Å². The summed E-state index contributed by atoms with van der Waals surface area (Å²) in [5, 5.41) is 3.63. The van der Waals surface area contributed by atoms with E-state index in [0.29, 0.717) is 6.04 Å². The van der Waals surface area contributed by atoms with E-state index in [1.54, 1.807) is 5.56 Å². The van der Waals surface area contributed by atoms with Gasteiger partial charge in [-0.3, -0.25) is 4.98 Å². The monoisotopic (exact) mass is 266 g/mol. The van der Waals surface area contributed by atoms with Crippen LogP contribution in [0.2, 0.25) is 0 Å². The Morgan fingerprint density at radius 2 is 2.15 bits per heavy atom. The topological polar surface area (TPSA) is 24.9 Å². The highest BCUT2D eigenvalue weighted by Crippen LogP contribution is 2.38. The van der Waals surface area contributed by atoms with Crippen molar-refractivity contribution < 1.29 is 0 Å². The number of benzene rings is 1. The van der Waals surface area contributed by atoms with E-state index >= 15 is 0 Å². The summed E-state index contributed by atoms with van der Waals surface area (Å²) in [4.78, 5) is 4.22. The molecule has 0 saturated heterocycles. The Labute approximate surface area is 121 Å². The zero-order valence-corrected chi connectivity index (χ0v) is 12.0. The highest BCUT2D eigenvalue weighted by Gasteiger charge is 2.27. The molecule has 1 heterocycles. The van der Waals surface area contributed by atoms with Gasteiger partial charge in [0.1, 0.15) is 0 Å². The molecule has 0 amide bonds. The minimum absolute atomic E-state index is 0.544. The molecule has 0 bridgehead atoms. The molecule has 0 spiro atoms. The molecule has 2 aromatic rings. The third kappa shape index (κ3) is 2.91. The molecule has 2 unspecified atom stereocenters. The van der Waals surface area contributed by atoms with Crippen LogP contribution >= 0.6 is 0 Å². The number of fused-ring (bicyclic) bond motifs is 1. The molecule has 0 saturated carbocycles. The normalized spacial score (nSPS) is 18.1. The maximum absolute atomic E-state index is 4.22. The van der Waals surface area contributed by atoms with E-state index in [0.717, 1.165) is 18.9 Å². The Balaban J connectivity index is 1.64. The number of nitrogens with one attached hydrogen (secondary N) is 1. The lowest BCUT2D eigenvalue weighted by molar-refractivity contribution is 0.422. The van der Waals surface area contributed by atoms with Gasteiger partial charge in [0.05, 0.1) is 0 Å². The Morgan fingerprint density at radius 1 is 1.25 bits per heavy atom. The van der Waals surface area contributed by atoms with Crippen molar-refractivity contribution in [2.45, 2.75) is 38.1 Å². The van der Waals surface area contributed by atoms with Gasteiger partial charge in [-0.05, 0) is 54.5 Å². The summed E-state index contributed by atoms with van der Waals surface area (Å²) in [6, 6.07) is 13.6. The largest absolute Gasteiger partial charge is 0.314 e. The van der Waals surface area contributed by atoms with Gasteiger partial charge in [-0.1, -0.05) is 37.3 Å². The molecule has 1 aliphatic rings. The summed E-state index contributed by atoms with van der Waals surface area (Å²) < 4.78 is 0. The Morgan fingerprint density at radius 3 is 2.90 bits per heavy atom. The van der Waals surface area contributed by atoms with Gasteiger partial charge in [-0.15, -0.1) is 0 Å².